The van der Waals surface area contributed by atoms with Crippen molar-refractivity contribution in [3.8, 4) is 5.69 Å². The van der Waals surface area contributed by atoms with Gasteiger partial charge in [0.1, 0.15) is 0 Å². The average Bonchev–Trinajstić information content (AvgIpc) is 3.20. The van der Waals surface area contributed by atoms with Crippen LogP contribution in [-0.2, 0) is 12.8 Å². The Balaban J connectivity index is 0.00000280. The van der Waals surface area contributed by atoms with Gasteiger partial charge in [0.2, 0.25) is 0 Å². The maximum Gasteiger partial charge on any atom is 0.190 e. The topological polar surface area (TPSA) is 54.2 Å². The fourth-order valence-corrected chi connectivity index (χ4v) is 2.90. The van der Waals surface area contributed by atoms with Crippen molar-refractivity contribution >= 4 is 29.9 Å². The van der Waals surface area contributed by atoms with Gasteiger partial charge in [0.05, 0.1) is 11.9 Å². The molecule has 148 valence electrons. The van der Waals surface area contributed by atoms with E-state index in [0.717, 1.165) is 44.0 Å². The molecule has 5 nitrogen and oxygen atoms in total. The summed E-state index contributed by atoms with van der Waals surface area (Å²) < 4.78 is 1.91. The minimum Gasteiger partial charge on any atom is -0.356 e. The summed E-state index contributed by atoms with van der Waals surface area (Å²) in [5, 5.41) is 11.2. The highest BCUT2D eigenvalue weighted by Crippen LogP contribution is 2.07. The van der Waals surface area contributed by atoms with Gasteiger partial charge in [-0.05, 0) is 42.5 Å². The van der Waals surface area contributed by atoms with Crippen LogP contribution < -0.4 is 10.6 Å². The zero-order chi connectivity index (χ0) is 18.7. The molecule has 0 saturated carbocycles. The summed E-state index contributed by atoms with van der Waals surface area (Å²) in [4.78, 5) is 4.29. The molecular formula is C22H28IN5. The summed E-state index contributed by atoms with van der Waals surface area (Å²) >= 11 is 0. The van der Waals surface area contributed by atoms with Crippen molar-refractivity contribution in [2.75, 3.05) is 20.1 Å². The molecule has 0 amide bonds. The van der Waals surface area contributed by atoms with Crippen molar-refractivity contribution in [3.05, 3.63) is 84.2 Å². The summed E-state index contributed by atoms with van der Waals surface area (Å²) in [6.07, 6.45) is 7.05. The zero-order valence-corrected chi connectivity index (χ0v) is 18.5. The quantitative estimate of drug-likeness (QED) is 0.219. The van der Waals surface area contributed by atoms with Crippen LogP contribution >= 0.6 is 24.0 Å². The summed E-state index contributed by atoms with van der Waals surface area (Å²) in [5.41, 5.74) is 3.65. The minimum atomic E-state index is 0. The lowest BCUT2D eigenvalue weighted by Crippen LogP contribution is -2.38. The second kappa shape index (κ2) is 12.2. The first kappa shape index (κ1) is 21.9. The highest BCUT2D eigenvalue weighted by Gasteiger charge is 2.02. The molecule has 3 aromatic rings. The maximum absolute atomic E-state index is 4.44. The Kier molecular flexibility index (Phi) is 9.54. The van der Waals surface area contributed by atoms with E-state index in [-0.39, 0.29) is 24.0 Å². The highest BCUT2D eigenvalue weighted by molar-refractivity contribution is 14.0. The summed E-state index contributed by atoms with van der Waals surface area (Å²) in [6.45, 7) is 1.72. The lowest BCUT2D eigenvalue weighted by molar-refractivity contribution is 0.739. The Bertz CT molecular complexity index is 830. The average molecular weight is 489 g/mol. The zero-order valence-electron chi connectivity index (χ0n) is 16.2. The van der Waals surface area contributed by atoms with E-state index >= 15 is 0 Å². The largest absolute Gasteiger partial charge is 0.356 e. The molecule has 0 atom stereocenters. The monoisotopic (exact) mass is 489 g/mol. The molecular weight excluding hydrogens is 461 g/mol. The van der Waals surface area contributed by atoms with E-state index < -0.39 is 0 Å². The molecule has 2 N–H and O–H groups in total. The van der Waals surface area contributed by atoms with Crippen LogP contribution in [0.4, 0.5) is 0 Å². The number of halogens is 1. The van der Waals surface area contributed by atoms with Crippen molar-refractivity contribution in [1.29, 1.82) is 0 Å². The number of nitrogens with zero attached hydrogens (tertiary/aromatic N) is 3. The third-order valence-electron chi connectivity index (χ3n) is 4.36. The molecule has 28 heavy (non-hydrogen) atoms. The predicted octanol–water partition coefficient (Wildman–Crippen LogP) is 3.83. The number of hydrogen-bond acceptors (Lipinski definition) is 2. The van der Waals surface area contributed by atoms with Crippen LogP contribution in [0.2, 0.25) is 0 Å². The Hall–Kier alpha value is -2.35. The molecule has 0 unspecified atom stereocenters. The van der Waals surface area contributed by atoms with Gasteiger partial charge in [0.25, 0.3) is 0 Å². The first-order chi connectivity index (χ1) is 13.3. The lowest BCUT2D eigenvalue weighted by Gasteiger charge is -2.11. The van der Waals surface area contributed by atoms with Gasteiger partial charge >= 0.3 is 0 Å². The third kappa shape index (κ3) is 6.99. The predicted molar refractivity (Wildman–Crippen MR) is 127 cm³/mol. The number of guanidine groups is 1. The molecule has 0 saturated heterocycles. The lowest BCUT2D eigenvalue weighted by atomic mass is 10.1. The van der Waals surface area contributed by atoms with Gasteiger partial charge < -0.3 is 10.6 Å². The molecule has 0 aliphatic heterocycles. The van der Waals surface area contributed by atoms with Crippen LogP contribution in [0, 0.1) is 0 Å². The summed E-state index contributed by atoms with van der Waals surface area (Å²) in [6, 6.07) is 20.7. The van der Waals surface area contributed by atoms with E-state index in [9.17, 15) is 0 Å². The van der Waals surface area contributed by atoms with E-state index in [2.05, 4.69) is 69.4 Å². The molecule has 0 bridgehead atoms. The van der Waals surface area contributed by atoms with E-state index in [4.69, 9.17) is 0 Å². The fourth-order valence-electron chi connectivity index (χ4n) is 2.90. The second-order valence-corrected chi connectivity index (χ2v) is 6.39. The fraction of sp³-hybridized carbons (Fsp3) is 0.273. The Morgan fingerprint density at radius 2 is 1.57 bits per heavy atom. The normalized spacial score (nSPS) is 11.0. The summed E-state index contributed by atoms with van der Waals surface area (Å²) in [5.74, 6) is 0.846. The molecule has 0 fully saturated rings. The van der Waals surface area contributed by atoms with Gasteiger partial charge in [0, 0.05) is 26.3 Å². The number of rotatable bonds is 8. The highest BCUT2D eigenvalue weighted by atomic mass is 127. The molecule has 0 aliphatic carbocycles. The number of para-hydroxylation sites is 1. The number of aryl methyl sites for hydroxylation is 1. The number of nitrogens with one attached hydrogen (secondary N) is 2. The van der Waals surface area contributed by atoms with Crippen molar-refractivity contribution in [1.82, 2.24) is 20.4 Å². The van der Waals surface area contributed by atoms with E-state index in [1.807, 2.05) is 29.1 Å². The molecule has 0 spiro atoms. The van der Waals surface area contributed by atoms with Crippen molar-refractivity contribution in [3.63, 3.8) is 0 Å². The molecule has 2 aromatic carbocycles. The van der Waals surface area contributed by atoms with Gasteiger partial charge in [-0.2, -0.15) is 5.10 Å². The van der Waals surface area contributed by atoms with Crippen molar-refractivity contribution in [2.24, 2.45) is 4.99 Å². The van der Waals surface area contributed by atoms with Crippen LogP contribution in [0.1, 0.15) is 17.5 Å². The van der Waals surface area contributed by atoms with Gasteiger partial charge in [-0.15, -0.1) is 24.0 Å². The SMILES string of the molecule is CN=C(NCCCc1ccccc1)NCCc1cnn(-c2ccccc2)c1.I. The van der Waals surface area contributed by atoms with Gasteiger partial charge in [0.15, 0.2) is 5.96 Å². The van der Waals surface area contributed by atoms with Crippen LogP contribution in [0.3, 0.4) is 0 Å². The van der Waals surface area contributed by atoms with E-state index in [1.54, 1.807) is 7.05 Å². The maximum atomic E-state index is 4.44. The van der Waals surface area contributed by atoms with Crippen LogP contribution in [0.25, 0.3) is 5.69 Å². The van der Waals surface area contributed by atoms with E-state index in [1.165, 1.54) is 11.1 Å². The van der Waals surface area contributed by atoms with Crippen LogP contribution in [0.5, 0.6) is 0 Å². The molecule has 6 heteroatoms. The first-order valence-electron chi connectivity index (χ1n) is 9.42. The molecule has 1 aromatic heterocycles. The molecule has 0 radical (unpaired) electrons. The first-order valence-corrected chi connectivity index (χ1v) is 9.42. The Morgan fingerprint density at radius 1 is 0.893 bits per heavy atom. The third-order valence-corrected chi connectivity index (χ3v) is 4.36. The Labute approximate surface area is 184 Å². The molecule has 1 heterocycles. The summed E-state index contributed by atoms with van der Waals surface area (Å²) in [7, 11) is 1.81. The minimum absolute atomic E-state index is 0. The standard InChI is InChI=1S/C22H27N5.HI/c1-23-22(24-15-8-11-19-9-4-2-5-10-19)25-16-14-20-17-26-27(18-20)21-12-6-3-7-13-21;/h2-7,9-10,12-13,17-18H,8,11,14-16H2,1H3,(H2,23,24,25);1H. The van der Waals surface area contributed by atoms with Gasteiger partial charge in [-0.25, -0.2) is 4.68 Å². The second-order valence-electron chi connectivity index (χ2n) is 6.39. The van der Waals surface area contributed by atoms with Crippen molar-refractivity contribution < 1.29 is 0 Å². The molecule has 0 aliphatic rings. The van der Waals surface area contributed by atoms with E-state index in [0.29, 0.717) is 0 Å². The van der Waals surface area contributed by atoms with Crippen molar-refractivity contribution in [2.45, 2.75) is 19.3 Å². The number of aliphatic imine (C=N–C) groups is 1. The van der Waals surface area contributed by atoms with Gasteiger partial charge in [-0.3, -0.25) is 4.99 Å². The molecule has 3 rings (SSSR count). The van der Waals surface area contributed by atoms with Gasteiger partial charge in [-0.1, -0.05) is 48.5 Å². The smallest absolute Gasteiger partial charge is 0.190 e. The van der Waals surface area contributed by atoms with Crippen LogP contribution in [0.15, 0.2) is 78.0 Å². The number of aromatic nitrogens is 2. The number of benzene rings is 2. The number of hydrogen-bond donors (Lipinski definition) is 2. The Morgan fingerprint density at radius 3 is 2.29 bits per heavy atom. The van der Waals surface area contributed by atoms with Crippen LogP contribution in [-0.4, -0.2) is 35.9 Å².